The number of ether oxygens (including phenoxy) is 2. The lowest BCUT2D eigenvalue weighted by Crippen LogP contribution is -2.46. The van der Waals surface area contributed by atoms with Crippen LogP contribution in [0.2, 0.25) is 0 Å². The first-order chi connectivity index (χ1) is 14.6. The molecule has 8 nitrogen and oxygen atoms in total. The first-order valence-electron chi connectivity index (χ1n) is 10.0. The summed E-state index contributed by atoms with van der Waals surface area (Å²) in [5.74, 6) is 0. The van der Waals surface area contributed by atoms with Crippen molar-refractivity contribution in [1.82, 2.24) is 9.97 Å². The van der Waals surface area contributed by atoms with Gasteiger partial charge in [0.05, 0.1) is 6.10 Å². The number of methoxy groups -OCH3 is 1. The summed E-state index contributed by atoms with van der Waals surface area (Å²) in [6.07, 6.45) is 10.9. The molecule has 1 atom stereocenters. The summed E-state index contributed by atoms with van der Waals surface area (Å²) in [6.45, 7) is 0.276. The van der Waals surface area contributed by atoms with Crippen molar-refractivity contribution in [3.05, 3.63) is 48.0 Å². The van der Waals surface area contributed by atoms with Gasteiger partial charge in [0.1, 0.15) is 18.5 Å². The number of carbonyl (C=O) groups is 1. The highest BCUT2D eigenvalue weighted by Crippen LogP contribution is 2.61. The first-order valence-corrected chi connectivity index (χ1v) is 10.0. The van der Waals surface area contributed by atoms with Crippen LogP contribution in [0.1, 0.15) is 36.8 Å². The van der Waals surface area contributed by atoms with Crippen molar-refractivity contribution < 1.29 is 19.4 Å². The molecule has 2 spiro atoms. The van der Waals surface area contributed by atoms with E-state index in [1.54, 1.807) is 6.33 Å². The van der Waals surface area contributed by atoms with E-state index in [9.17, 15) is 0 Å². The van der Waals surface area contributed by atoms with Gasteiger partial charge in [-0.3, -0.25) is 4.79 Å². The second-order valence-corrected chi connectivity index (χ2v) is 8.10. The molecule has 0 saturated heterocycles. The quantitative estimate of drug-likeness (QED) is 0.730. The van der Waals surface area contributed by atoms with E-state index < -0.39 is 5.54 Å². The normalized spacial score (nSPS) is 29.0. The van der Waals surface area contributed by atoms with E-state index in [1.807, 2.05) is 19.5 Å². The van der Waals surface area contributed by atoms with Crippen LogP contribution in [0.3, 0.4) is 0 Å². The van der Waals surface area contributed by atoms with Crippen molar-refractivity contribution >= 4 is 12.5 Å². The van der Waals surface area contributed by atoms with Crippen molar-refractivity contribution in [2.24, 2.45) is 16.1 Å². The van der Waals surface area contributed by atoms with E-state index in [2.05, 4.69) is 28.2 Å². The molecule has 5 rings (SSSR count). The summed E-state index contributed by atoms with van der Waals surface area (Å²) in [6, 6.07) is 6.95. The van der Waals surface area contributed by atoms with E-state index >= 15 is 0 Å². The van der Waals surface area contributed by atoms with E-state index in [-0.39, 0.29) is 11.9 Å². The zero-order valence-electron chi connectivity index (χ0n) is 17.0. The molecule has 2 aromatic rings. The number of rotatable bonds is 2. The summed E-state index contributed by atoms with van der Waals surface area (Å²) < 4.78 is 11.4. The van der Waals surface area contributed by atoms with Gasteiger partial charge in [-0.2, -0.15) is 0 Å². The Labute approximate surface area is 175 Å². The molecular formula is C22H26N4O4. The Kier molecular flexibility index (Phi) is 5.42. The molecule has 1 aromatic carbocycles. The monoisotopic (exact) mass is 410 g/mol. The van der Waals surface area contributed by atoms with E-state index in [0.29, 0.717) is 18.7 Å². The summed E-state index contributed by atoms with van der Waals surface area (Å²) >= 11 is 0. The zero-order chi connectivity index (χ0) is 21.2. The van der Waals surface area contributed by atoms with Crippen LogP contribution in [0, 0.1) is 5.41 Å². The van der Waals surface area contributed by atoms with Crippen LogP contribution in [0.15, 0.2) is 41.9 Å². The van der Waals surface area contributed by atoms with Crippen LogP contribution < -0.4 is 5.73 Å². The standard InChI is InChI=1S/C21H24N4O2.CH2O2/c1-26-17-4-6-20(7-5-17)9-15-3-2-14(16-10-23-13-24-11-16)8-18(15)21(20)12-27-19(22)25-21;2-1-3/h2-3,8,10-11,13,17H,4-7,9,12H2,1H3,(H2,22,25);1H,(H,2,3)/t17?,20?,21-;/m0./s1. The van der Waals surface area contributed by atoms with Crippen LogP contribution in [0.25, 0.3) is 11.1 Å². The Hall–Kier alpha value is -3.00. The second kappa shape index (κ2) is 8.02. The van der Waals surface area contributed by atoms with Gasteiger partial charge < -0.3 is 20.3 Å². The Morgan fingerprint density at radius 3 is 2.53 bits per heavy atom. The molecule has 1 saturated carbocycles. The molecule has 30 heavy (non-hydrogen) atoms. The molecule has 8 heteroatoms. The van der Waals surface area contributed by atoms with Crippen molar-refractivity contribution in [3.8, 4) is 11.1 Å². The number of benzene rings is 1. The predicted octanol–water partition coefficient (Wildman–Crippen LogP) is 2.52. The van der Waals surface area contributed by atoms with Gasteiger partial charge in [-0.15, -0.1) is 0 Å². The minimum absolute atomic E-state index is 0.0529. The molecule has 0 bridgehead atoms. The van der Waals surface area contributed by atoms with Gasteiger partial charge in [0, 0.05) is 30.5 Å². The minimum Gasteiger partial charge on any atom is -0.483 e. The molecule has 2 heterocycles. The Morgan fingerprint density at radius 2 is 1.93 bits per heavy atom. The van der Waals surface area contributed by atoms with Crippen molar-refractivity contribution in [2.45, 2.75) is 43.7 Å². The number of fused-ring (bicyclic) bond motifs is 3. The number of aromatic nitrogens is 2. The van der Waals surface area contributed by atoms with Crippen LogP contribution in [-0.2, 0) is 26.2 Å². The summed E-state index contributed by atoms with van der Waals surface area (Å²) in [7, 11) is 1.81. The van der Waals surface area contributed by atoms with Crippen LogP contribution in [0.5, 0.6) is 0 Å². The van der Waals surface area contributed by atoms with Gasteiger partial charge in [0.15, 0.2) is 0 Å². The lowest BCUT2D eigenvalue weighted by atomic mass is 9.62. The molecule has 158 valence electrons. The lowest BCUT2D eigenvalue weighted by Gasteiger charge is -2.45. The van der Waals surface area contributed by atoms with Crippen molar-refractivity contribution in [1.29, 1.82) is 0 Å². The molecule has 3 N–H and O–H groups in total. The maximum absolute atomic E-state index is 8.36. The van der Waals surface area contributed by atoms with E-state index in [0.717, 1.165) is 43.2 Å². The number of carboxylic acid groups (broad SMARTS) is 1. The predicted molar refractivity (Wildman–Crippen MR) is 111 cm³/mol. The smallest absolute Gasteiger partial charge is 0.290 e. The highest BCUT2D eigenvalue weighted by molar-refractivity contribution is 5.75. The van der Waals surface area contributed by atoms with Gasteiger partial charge in [0.2, 0.25) is 0 Å². The third-order valence-electron chi connectivity index (χ3n) is 6.81. The van der Waals surface area contributed by atoms with Crippen LogP contribution >= 0.6 is 0 Å². The molecule has 0 amide bonds. The summed E-state index contributed by atoms with van der Waals surface area (Å²) in [5, 5.41) is 6.89. The Bertz CT molecular complexity index is 941. The number of aliphatic imine (C=N–C) groups is 1. The lowest BCUT2D eigenvalue weighted by molar-refractivity contribution is -0.122. The van der Waals surface area contributed by atoms with Crippen molar-refractivity contribution in [3.63, 3.8) is 0 Å². The van der Waals surface area contributed by atoms with Crippen LogP contribution in [0.4, 0.5) is 0 Å². The Balaban J connectivity index is 0.000000687. The maximum Gasteiger partial charge on any atom is 0.290 e. The number of nitrogens with zero attached hydrogens (tertiary/aromatic N) is 3. The zero-order valence-corrected chi connectivity index (χ0v) is 17.0. The van der Waals surface area contributed by atoms with Gasteiger partial charge in [0.25, 0.3) is 12.5 Å². The summed E-state index contributed by atoms with van der Waals surface area (Å²) in [4.78, 5) is 21.6. The highest BCUT2D eigenvalue weighted by Gasteiger charge is 2.61. The third kappa shape index (κ3) is 3.21. The van der Waals surface area contributed by atoms with Crippen molar-refractivity contribution in [2.75, 3.05) is 13.7 Å². The number of hydrogen-bond donors (Lipinski definition) is 2. The number of amidine groups is 1. The molecule has 0 radical (unpaired) electrons. The molecule has 3 aliphatic rings. The minimum atomic E-state index is -0.392. The van der Waals surface area contributed by atoms with Gasteiger partial charge in [-0.25, -0.2) is 15.0 Å². The van der Waals surface area contributed by atoms with Gasteiger partial charge >= 0.3 is 0 Å². The summed E-state index contributed by atoms with van der Waals surface area (Å²) in [5.41, 5.74) is 10.4. The first kappa shape index (κ1) is 20.3. The fraction of sp³-hybridized carbons (Fsp3) is 0.455. The van der Waals surface area contributed by atoms with E-state index in [1.165, 1.54) is 11.1 Å². The fourth-order valence-corrected chi connectivity index (χ4v) is 5.35. The number of nitrogens with two attached hydrogens (primary N) is 1. The van der Waals surface area contributed by atoms with Gasteiger partial charge in [-0.1, -0.05) is 12.1 Å². The SMILES string of the molecule is COC1CCC2(CC1)Cc1ccc(-c3cncnc3)cc1[C@@]21COC(N)=N1.O=CO. The highest BCUT2D eigenvalue weighted by atomic mass is 16.5. The topological polar surface area (TPSA) is 120 Å². The average molecular weight is 410 g/mol. The molecule has 1 fully saturated rings. The molecule has 1 aromatic heterocycles. The molecular weight excluding hydrogens is 384 g/mol. The fourth-order valence-electron chi connectivity index (χ4n) is 5.35. The molecule has 0 unspecified atom stereocenters. The second-order valence-electron chi connectivity index (χ2n) is 8.10. The Morgan fingerprint density at radius 1 is 1.23 bits per heavy atom. The maximum atomic E-state index is 8.36. The molecule has 1 aliphatic heterocycles. The van der Waals surface area contributed by atoms with E-state index in [4.69, 9.17) is 30.1 Å². The third-order valence-corrected chi connectivity index (χ3v) is 6.81. The van der Waals surface area contributed by atoms with Crippen LogP contribution in [-0.4, -0.2) is 47.4 Å². The number of hydrogen-bond acceptors (Lipinski definition) is 7. The average Bonchev–Trinajstić information content (AvgIpc) is 3.29. The van der Waals surface area contributed by atoms with Gasteiger partial charge in [-0.05, 0) is 54.9 Å². The molecule has 2 aliphatic carbocycles. The largest absolute Gasteiger partial charge is 0.483 e.